The second-order valence-electron chi connectivity index (χ2n) is 4.21. The van der Waals surface area contributed by atoms with Gasteiger partial charge in [-0.15, -0.1) is 0 Å². The SMILES string of the molecule is CCC(=O)OC(C)(NC)C1CCNCC1. The average molecular weight is 214 g/mol. The molecule has 0 spiro atoms. The van der Waals surface area contributed by atoms with Gasteiger partial charge in [0.05, 0.1) is 0 Å². The Morgan fingerprint density at radius 2 is 2.13 bits per heavy atom. The van der Waals surface area contributed by atoms with Crippen LogP contribution in [0.2, 0.25) is 0 Å². The quantitative estimate of drug-likeness (QED) is 0.538. The van der Waals surface area contributed by atoms with Crippen LogP contribution >= 0.6 is 0 Å². The summed E-state index contributed by atoms with van der Waals surface area (Å²) in [6, 6.07) is 0. The topological polar surface area (TPSA) is 50.4 Å². The van der Waals surface area contributed by atoms with E-state index in [0.29, 0.717) is 12.3 Å². The van der Waals surface area contributed by atoms with E-state index in [0.717, 1.165) is 25.9 Å². The van der Waals surface area contributed by atoms with Gasteiger partial charge >= 0.3 is 5.97 Å². The van der Waals surface area contributed by atoms with Gasteiger partial charge in [-0.2, -0.15) is 0 Å². The summed E-state index contributed by atoms with van der Waals surface area (Å²) >= 11 is 0. The largest absolute Gasteiger partial charge is 0.444 e. The molecule has 4 heteroatoms. The van der Waals surface area contributed by atoms with E-state index in [1.165, 1.54) is 0 Å². The van der Waals surface area contributed by atoms with Crippen LogP contribution in [0.25, 0.3) is 0 Å². The second-order valence-corrected chi connectivity index (χ2v) is 4.21. The maximum atomic E-state index is 11.4. The summed E-state index contributed by atoms with van der Waals surface area (Å²) in [6.07, 6.45) is 2.53. The van der Waals surface area contributed by atoms with Gasteiger partial charge in [-0.1, -0.05) is 6.92 Å². The van der Waals surface area contributed by atoms with E-state index in [1.54, 1.807) is 0 Å². The minimum absolute atomic E-state index is 0.134. The molecule has 1 aliphatic rings. The summed E-state index contributed by atoms with van der Waals surface area (Å²) in [6.45, 7) is 5.80. The zero-order chi connectivity index (χ0) is 11.3. The number of rotatable bonds is 4. The molecule has 0 amide bonds. The molecule has 1 unspecified atom stereocenters. The first-order valence-electron chi connectivity index (χ1n) is 5.74. The van der Waals surface area contributed by atoms with Crippen LogP contribution in [0.4, 0.5) is 0 Å². The van der Waals surface area contributed by atoms with Gasteiger partial charge in [0.2, 0.25) is 0 Å². The van der Waals surface area contributed by atoms with E-state index in [1.807, 2.05) is 20.9 Å². The highest BCUT2D eigenvalue weighted by atomic mass is 16.6. The van der Waals surface area contributed by atoms with E-state index in [4.69, 9.17) is 4.74 Å². The number of piperidine rings is 1. The molecule has 1 rings (SSSR count). The molecule has 1 saturated heterocycles. The number of nitrogens with one attached hydrogen (secondary N) is 2. The molecule has 1 aliphatic heterocycles. The predicted octanol–water partition coefficient (Wildman–Crippen LogP) is 0.875. The van der Waals surface area contributed by atoms with Crippen molar-refractivity contribution in [3.8, 4) is 0 Å². The van der Waals surface area contributed by atoms with Crippen LogP contribution in [0.1, 0.15) is 33.1 Å². The van der Waals surface area contributed by atoms with Crippen LogP contribution < -0.4 is 10.6 Å². The maximum Gasteiger partial charge on any atom is 0.307 e. The minimum atomic E-state index is -0.505. The van der Waals surface area contributed by atoms with Gasteiger partial charge in [0, 0.05) is 12.3 Å². The summed E-state index contributed by atoms with van der Waals surface area (Å²) in [5.74, 6) is 0.268. The molecule has 0 aromatic carbocycles. The molecule has 0 bridgehead atoms. The Bertz CT molecular complexity index is 215. The van der Waals surface area contributed by atoms with Crippen LogP contribution in [0.3, 0.4) is 0 Å². The second kappa shape index (κ2) is 5.47. The molecule has 1 heterocycles. The number of hydrogen-bond donors (Lipinski definition) is 2. The number of esters is 1. The number of ether oxygens (including phenoxy) is 1. The van der Waals surface area contributed by atoms with Crippen molar-refractivity contribution in [3.05, 3.63) is 0 Å². The van der Waals surface area contributed by atoms with Gasteiger partial charge in [-0.3, -0.25) is 10.1 Å². The third-order valence-corrected chi connectivity index (χ3v) is 3.23. The molecule has 1 atom stereocenters. The maximum absolute atomic E-state index is 11.4. The zero-order valence-corrected chi connectivity index (χ0v) is 9.93. The first-order valence-corrected chi connectivity index (χ1v) is 5.74. The Morgan fingerprint density at radius 3 is 2.60 bits per heavy atom. The van der Waals surface area contributed by atoms with Crippen LogP contribution in [0, 0.1) is 5.92 Å². The molecule has 4 nitrogen and oxygen atoms in total. The van der Waals surface area contributed by atoms with Crippen LogP contribution in [0.5, 0.6) is 0 Å². The normalized spacial score (nSPS) is 22.1. The Kier molecular flexibility index (Phi) is 4.54. The van der Waals surface area contributed by atoms with Crippen LogP contribution in [-0.2, 0) is 9.53 Å². The Labute approximate surface area is 91.8 Å². The van der Waals surface area contributed by atoms with Crippen molar-refractivity contribution in [2.45, 2.75) is 38.8 Å². The lowest BCUT2D eigenvalue weighted by Crippen LogP contribution is -2.53. The molecule has 0 aliphatic carbocycles. The van der Waals surface area contributed by atoms with Crippen molar-refractivity contribution in [3.63, 3.8) is 0 Å². The lowest BCUT2D eigenvalue weighted by molar-refractivity contribution is -0.169. The average Bonchev–Trinajstić information content (AvgIpc) is 2.30. The molecule has 88 valence electrons. The summed E-state index contributed by atoms with van der Waals surface area (Å²) in [4.78, 5) is 11.4. The fourth-order valence-electron chi connectivity index (χ4n) is 2.02. The highest BCUT2D eigenvalue weighted by molar-refractivity contribution is 5.69. The van der Waals surface area contributed by atoms with Crippen molar-refractivity contribution < 1.29 is 9.53 Å². The molecule has 0 radical (unpaired) electrons. The highest BCUT2D eigenvalue weighted by Crippen LogP contribution is 2.27. The van der Waals surface area contributed by atoms with Crippen molar-refractivity contribution in [2.24, 2.45) is 5.92 Å². The van der Waals surface area contributed by atoms with Gasteiger partial charge in [0.1, 0.15) is 0 Å². The first-order chi connectivity index (χ1) is 7.12. The summed E-state index contributed by atoms with van der Waals surface area (Å²) in [7, 11) is 1.85. The number of carbonyl (C=O) groups excluding carboxylic acids is 1. The lowest BCUT2D eigenvalue weighted by Gasteiger charge is -2.39. The highest BCUT2D eigenvalue weighted by Gasteiger charge is 2.36. The van der Waals surface area contributed by atoms with Gasteiger partial charge < -0.3 is 10.1 Å². The van der Waals surface area contributed by atoms with Gasteiger partial charge in [0.25, 0.3) is 0 Å². The van der Waals surface area contributed by atoms with Crippen LogP contribution in [-0.4, -0.2) is 31.8 Å². The molecular weight excluding hydrogens is 192 g/mol. The van der Waals surface area contributed by atoms with E-state index < -0.39 is 5.72 Å². The minimum Gasteiger partial charge on any atom is -0.444 e. The number of carbonyl (C=O) groups is 1. The summed E-state index contributed by atoms with van der Waals surface area (Å²) < 4.78 is 5.50. The van der Waals surface area contributed by atoms with Crippen molar-refractivity contribution in [1.29, 1.82) is 0 Å². The van der Waals surface area contributed by atoms with Crippen LogP contribution in [0.15, 0.2) is 0 Å². The smallest absolute Gasteiger partial charge is 0.307 e. The van der Waals surface area contributed by atoms with E-state index in [2.05, 4.69) is 10.6 Å². The van der Waals surface area contributed by atoms with Gasteiger partial charge in [-0.25, -0.2) is 0 Å². The fourth-order valence-corrected chi connectivity index (χ4v) is 2.02. The Hall–Kier alpha value is -0.610. The predicted molar refractivity (Wildman–Crippen MR) is 59.4 cm³/mol. The lowest BCUT2D eigenvalue weighted by atomic mass is 9.88. The Balaban J connectivity index is 2.60. The van der Waals surface area contributed by atoms with E-state index in [9.17, 15) is 4.79 Å². The molecule has 0 saturated carbocycles. The molecule has 1 fully saturated rings. The molecule has 0 aromatic heterocycles. The van der Waals surface area contributed by atoms with Crippen molar-refractivity contribution >= 4 is 5.97 Å². The molecule has 15 heavy (non-hydrogen) atoms. The van der Waals surface area contributed by atoms with E-state index >= 15 is 0 Å². The Morgan fingerprint density at radius 1 is 1.53 bits per heavy atom. The monoisotopic (exact) mass is 214 g/mol. The van der Waals surface area contributed by atoms with Gasteiger partial charge in [-0.05, 0) is 39.9 Å². The number of hydrogen-bond acceptors (Lipinski definition) is 4. The standard InChI is InChI=1S/C11H22N2O2/c1-4-10(14)15-11(2,12-3)9-5-7-13-8-6-9/h9,12-13H,4-8H2,1-3H3. The van der Waals surface area contributed by atoms with Crippen molar-refractivity contribution in [2.75, 3.05) is 20.1 Å². The first kappa shape index (κ1) is 12.5. The van der Waals surface area contributed by atoms with Gasteiger partial charge in [0.15, 0.2) is 5.72 Å². The fraction of sp³-hybridized carbons (Fsp3) is 0.909. The molecular formula is C11H22N2O2. The molecule has 0 aromatic rings. The zero-order valence-electron chi connectivity index (χ0n) is 9.93. The molecule has 2 N–H and O–H groups in total. The van der Waals surface area contributed by atoms with Crippen molar-refractivity contribution in [1.82, 2.24) is 10.6 Å². The summed E-state index contributed by atoms with van der Waals surface area (Å²) in [5, 5.41) is 6.45. The summed E-state index contributed by atoms with van der Waals surface area (Å²) in [5.41, 5.74) is -0.505. The third-order valence-electron chi connectivity index (χ3n) is 3.23. The third kappa shape index (κ3) is 3.18. The van der Waals surface area contributed by atoms with E-state index in [-0.39, 0.29) is 5.97 Å².